The van der Waals surface area contributed by atoms with E-state index >= 15 is 0 Å². The first-order valence-corrected chi connectivity index (χ1v) is 4.57. The molecule has 1 amide bonds. The zero-order valence-corrected chi connectivity index (χ0v) is 8.61. The summed E-state index contributed by atoms with van der Waals surface area (Å²) in [5.41, 5.74) is 4.90. The van der Waals surface area contributed by atoms with Crippen molar-refractivity contribution >= 4 is 16.9 Å². The highest BCUT2D eigenvalue weighted by atomic mass is 16.2. The summed E-state index contributed by atoms with van der Waals surface area (Å²) in [6.45, 7) is 1.98. The number of rotatable bonds is 1. The summed E-state index contributed by atoms with van der Waals surface area (Å²) in [6.07, 6.45) is 0. The van der Waals surface area contributed by atoms with E-state index < -0.39 is 0 Å². The van der Waals surface area contributed by atoms with Crippen molar-refractivity contribution < 1.29 is 4.79 Å². The van der Waals surface area contributed by atoms with E-state index in [0.717, 1.165) is 16.6 Å². The number of nitrogens with zero attached hydrogens (tertiary/aromatic N) is 2. The molecule has 0 fully saturated rings. The minimum atomic E-state index is -0.383. The highest BCUT2D eigenvalue weighted by Crippen LogP contribution is 2.16. The quantitative estimate of drug-likeness (QED) is 0.403. The van der Waals surface area contributed by atoms with E-state index in [-0.39, 0.29) is 5.91 Å². The van der Waals surface area contributed by atoms with Crippen LogP contribution in [0.3, 0.4) is 0 Å². The number of hydrogen-bond donors (Lipinski definition) is 2. The van der Waals surface area contributed by atoms with Gasteiger partial charge in [0, 0.05) is 7.05 Å². The van der Waals surface area contributed by atoms with Gasteiger partial charge in [-0.2, -0.15) is 0 Å². The SMILES string of the molecule is Cc1ccc2c(c1)nc(C(=O)NN)n2C. The van der Waals surface area contributed by atoms with Gasteiger partial charge in [-0.15, -0.1) is 0 Å². The van der Waals surface area contributed by atoms with Crippen molar-refractivity contribution in [1.29, 1.82) is 0 Å². The largest absolute Gasteiger partial charge is 0.323 e. The second-order valence-electron chi connectivity index (χ2n) is 3.46. The molecule has 5 heteroatoms. The van der Waals surface area contributed by atoms with E-state index in [4.69, 9.17) is 5.84 Å². The predicted molar refractivity (Wildman–Crippen MR) is 57.1 cm³/mol. The molecule has 15 heavy (non-hydrogen) atoms. The second kappa shape index (κ2) is 3.36. The number of aromatic nitrogens is 2. The Balaban J connectivity index is 2.69. The standard InChI is InChI=1S/C10H12N4O/c1-6-3-4-8-7(5-6)12-9(14(8)2)10(15)13-11/h3-5H,11H2,1-2H3,(H,13,15). The van der Waals surface area contributed by atoms with Crippen LogP contribution in [0.1, 0.15) is 16.2 Å². The lowest BCUT2D eigenvalue weighted by Crippen LogP contribution is -2.32. The number of hydrogen-bond acceptors (Lipinski definition) is 3. The number of carbonyl (C=O) groups excluding carboxylic acids is 1. The van der Waals surface area contributed by atoms with E-state index in [2.05, 4.69) is 10.4 Å². The lowest BCUT2D eigenvalue weighted by molar-refractivity contribution is 0.0940. The fraction of sp³-hybridized carbons (Fsp3) is 0.200. The summed E-state index contributed by atoms with van der Waals surface area (Å²) in [5.74, 6) is 5.01. The van der Waals surface area contributed by atoms with Crippen LogP contribution in [0.2, 0.25) is 0 Å². The molecule has 1 heterocycles. The summed E-state index contributed by atoms with van der Waals surface area (Å²) in [4.78, 5) is 15.6. The molecule has 0 radical (unpaired) electrons. The van der Waals surface area contributed by atoms with E-state index in [1.807, 2.05) is 25.1 Å². The Morgan fingerprint density at radius 3 is 2.93 bits per heavy atom. The molecule has 0 saturated heterocycles. The summed E-state index contributed by atoms with van der Waals surface area (Å²) in [6, 6.07) is 5.85. The van der Waals surface area contributed by atoms with Crippen LogP contribution in [0.15, 0.2) is 18.2 Å². The van der Waals surface area contributed by atoms with Crippen molar-refractivity contribution in [2.45, 2.75) is 6.92 Å². The lowest BCUT2D eigenvalue weighted by Gasteiger charge is -1.99. The highest BCUT2D eigenvalue weighted by Gasteiger charge is 2.13. The Morgan fingerprint density at radius 2 is 2.27 bits per heavy atom. The molecule has 0 aliphatic carbocycles. The van der Waals surface area contributed by atoms with Crippen LogP contribution >= 0.6 is 0 Å². The average Bonchev–Trinajstić information content (AvgIpc) is 2.54. The van der Waals surface area contributed by atoms with Gasteiger partial charge in [0.1, 0.15) is 0 Å². The predicted octanol–water partition coefficient (Wildman–Crippen LogP) is 0.485. The van der Waals surface area contributed by atoms with Crippen LogP contribution < -0.4 is 11.3 Å². The smallest absolute Gasteiger partial charge is 0.301 e. The van der Waals surface area contributed by atoms with Crippen molar-refractivity contribution in [3.05, 3.63) is 29.6 Å². The van der Waals surface area contributed by atoms with E-state index in [1.54, 1.807) is 11.6 Å². The normalized spacial score (nSPS) is 10.6. The van der Waals surface area contributed by atoms with Crippen LogP contribution in [-0.2, 0) is 7.05 Å². The first-order chi connectivity index (χ1) is 7.13. The van der Waals surface area contributed by atoms with Gasteiger partial charge in [-0.1, -0.05) is 6.07 Å². The average molecular weight is 204 g/mol. The summed E-state index contributed by atoms with van der Waals surface area (Å²) in [7, 11) is 1.79. The van der Waals surface area contributed by atoms with Gasteiger partial charge in [-0.05, 0) is 24.6 Å². The molecule has 1 aromatic carbocycles. The number of nitrogen functional groups attached to an aromatic ring is 1. The van der Waals surface area contributed by atoms with E-state index in [0.29, 0.717) is 5.82 Å². The van der Waals surface area contributed by atoms with E-state index in [1.165, 1.54) is 0 Å². The fourth-order valence-corrected chi connectivity index (χ4v) is 1.58. The van der Waals surface area contributed by atoms with Crippen molar-refractivity contribution in [2.24, 2.45) is 12.9 Å². The molecule has 0 atom stereocenters. The van der Waals surface area contributed by atoms with Gasteiger partial charge >= 0.3 is 5.91 Å². The van der Waals surface area contributed by atoms with Gasteiger partial charge in [0.15, 0.2) is 0 Å². The lowest BCUT2D eigenvalue weighted by atomic mass is 10.2. The molecular weight excluding hydrogens is 192 g/mol. The molecule has 2 aromatic rings. The molecule has 0 spiro atoms. The minimum absolute atomic E-state index is 0.318. The first kappa shape index (κ1) is 9.67. The maximum atomic E-state index is 11.4. The molecule has 1 aromatic heterocycles. The maximum Gasteiger partial charge on any atom is 0.301 e. The molecule has 0 unspecified atom stereocenters. The summed E-state index contributed by atoms with van der Waals surface area (Å²) >= 11 is 0. The molecule has 5 nitrogen and oxygen atoms in total. The topological polar surface area (TPSA) is 72.9 Å². The molecule has 3 N–H and O–H groups in total. The number of amides is 1. The van der Waals surface area contributed by atoms with Crippen LogP contribution in [0.4, 0.5) is 0 Å². The Bertz CT molecular complexity index is 529. The van der Waals surface area contributed by atoms with Gasteiger partial charge < -0.3 is 4.57 Å². The number of carbonyl (C=O) groups is 1. The van der Waals surface area contributed by atoms with Crippen molar-refractivity contribution in [3.63, 3.8) is 0 Å². The first-order valence-electron chi connectivity index (χ1n) is 4.57. The van der Waals surface area contributed by atoms with Gasteiger partial charge in [0.05, 0.1) is 11.0 Å². The maximum absolute atomic E-state index is 11.4. The minimum Gasteiger partial charge on any atom is -0.323 e. The highest BCUT2D eigenvalue weighted by molar-refractivity contribution is 5.94. The third kappa shape index (κ3) is 1.46. The van der Waals surface area contributed by atoms with Crippen molar-refractivity contribution in [2.75, 3.05) is 0 Å². The van der Waals surface area contributed by atoms with Gasteiger partial charge in [-0.25, -0.2) is 10.8 Å². The number of imidazole rings is 1. The molecule has 0 aliphatic rings. The van der Waals surface area contributed by atoms with Crippen molar-refractivity contribution in [1.82, 2.24) is 15.0 Å². The second-order valence-corrected chi connectivity index (χ2v) is 3.46. The van der Waals surface area contributed by atoms with Crippen LogP contribution in [0.25, 0.3) is 11.0 Å². The van der Waals surface area contributed by atoms with Gasteiger partial charge in [0.25, 0.3) is 0 Å². The van der Waals surface area contributed by atoms with Gasteiger partial charge in [0.2, 0.25) is 5.82 Å². The number of fused-ring (bicyclic) bond motifs is 1. The zero-order valence-electron chi connectivity index (χ0n) is 8.61. The Labute approximate surface area is 86.9 Å². The fourth-order valence-electron chi connectivity index (χ4n) is 1.58. The van der Waals surface area contributed by atoms with Crippen LogP contribution in [0, 0.1) is 6.92 Å². The zero-order chi connectivity index (χ0) is 11.0. The Hall–Kier alpha value is -1.88. The molecule has 0 saturated carbocycles. The Morgan fingerprint density at radius 1 is 1.53 bits per heavy atom. The van der Waals surface area contributed by atoms with Crippen molar-refractivity contribution in [3.8, 4) is 0 Å². The van der Waals surface area contributed by atoms with E-state index in [9.17, 15) is 4.79 Å². The van der Waals surface area contributed by atoms with Crippen LogP contribution in [0.5, 0.6) is 0 Å². The van der Waals surface area contributed by atoms with Gasteiger partial charge in [-0.3, -0.25) is 10.2 Å². The van der Waals surface area contributed by atoms with Crippen LogP contribution in [-0.4, -0.2) is 15.5 Å². The number of nitrogens with two attached hydrogens (primary N) is 1. The molecular formula is C10H12N4O. The third-order valence-electron chi connectivity index (χ3n) is 2.37. The molecule has 2 rings (SSSR count). The molecule has 0 bridgehead atoms. The number of benzene rings is 1. The monoisotopic (exact) mass is 204 g/mol. The Kier molecular flexibility index (Phi) is 2.17. The number of nitrogens with one attached hydrogen (secondary N) is 1. The number of aryl methyl sites for hydroxylation is 2. The third-order valence-corrected chi connectivity index (χ3v) is 2.37. The number of hydrazine groups is 1. The molecule has 0 aliphatic heterocycles. The molecule has 78 valence electrons. The summed E-state index contributed by atoms with van der Waals surface area (Å²) < 4.78 is 1.72. The summed E-state index contributed by atoms with van der Waals surface area (Å²) in [5, 5.41) is 0.